The molecule has 2 N–H and O–H groups in total. The Hall–Kier alpha value is -2.34. The van der Waals surface area contributed by atoms with Gasteiger partial charge in [0.1, 0.15) is 0 Å². The molecule has 0 spiro atoms. The number of aromatic carboxylic acids is 1. The Morgan fingerprint density at radius 2 is 1.95 bits per heavy atom. The number of carboxylic acids is 1. The Kier molecular flexibility index (Phi) is 4.82. The average molecular weight is 322 g/mol. The first-order valence-electron chi connectivity index (χ1n) is 6.69. The summed E-state index contributed by atoms with van der Waals surface area (Å²) in [6.45, 7) is 2.20. The summed E-state index contributed by atoms with van der Waals surface area (Å²) in [5, 5.41) is 16.0. The number of rotatable bonds is 5. The maximum Gasteiger partial charge on any atom is 0.335 e. The number of nitrogens with one attached hydrogen (secondary N) is 1. The number of carbonyl (C=O) groups is 2. The molecule has 0 aliphatic heterocycles. The van der Waals surface area contributed by atoms with E-state index in [1.165, 1.54) is 0 Å². The summed E-state index contributed by atoms with van der Waals surface area (Å²) in [6, 6.07) is 6.54. The van der Waals surface area contributed by atoms with E-state index >= 15 is 0 Å². The minimum absolute atomic E-state index is 0.211. The molecule has 1 heterocycles. The lowest BCUT2D eigenvalue weighted by Gasteiger charge is -2.04. The van der Waals surface area contributed by atoms with E-state index in [1.807, 2.05) is 0 Å². The van der Waals surface area contributed by atoms with Crippen LogP contribution in [0, 0.1) is 6.92 Å². The first kappa shape index (κ1) is 16.0. The summed E-state index contributed by atoms with van der Waals surface area (Å²) >= 11 is 6.05. The van der Waals surface area contributed by atoms with Crippen molar-refractivity contribution in [3.63, 3.8) is 0 Å². The minimum Gasteiger partial charge on any atom is -0.478 e. The van der Waals surface area contributed by atoms with Crippen molar-refractivity contribution in [3.8, 4) is 0 Å². The van der Waals surface area contributed by atoms with Gasteiger partial charge in [0.25, 0.3) is 5.91 Å². The van der Waals surface area contributed by atoms with Crippen LogP contribution in [0.3, 0.4) is 0 Å². The maximum atomic E-state index is 12.0. The number of halogens is 1. The van der Waals surface area contributed by atoms with Crippen molar-refractivity contribution >= 4 is 23.5 Å². The van der Waals surface area contributed by atoms with Gasteiger partial charge in [0, 0.05) is 13.6 Å². The number of aryl methyl sites for hydroxylation is 1. The fourth-order valence-electron chi connectivity index (χ4n) is 1.95. The Morgan fingerprint density at radius 1 is 1.32 bits per heavy atom. The van der Waals surface area contributed by atoms with Crippen LogP contribution in [0.4, 0.5) is 0 Å². The number of benzene rings is 1. The van der Waals surface area contributed by atoms with Crippen LogP contribution >= 0.6 is 11.6 Å². The summed E-state index contributed by atoms with van der Waals surface area (Å²) in [4.78, 5) is 22.8. The van der Waals surface area contributed by atoms with Gasteiger partial charge in [0.2, 0.25) is 0 Å². The molecular formula is C15H16ClN3O3. The van der Waals surface area contributed by atoms with Crippen LogP contribution in [-0.4, -0.2) is 33.3 Å². The highest BCUT2D eigenvalue weighted by Gasteiger charge is 2.17. The predicted octanol–water partition coefficient (Wildman–Crippen LogP) is 2.05. The summed E-state index contributed by atoms with van der Waals surface area (Å²) in [5.74, 6) is -1.28. The van der Waals surface area contributed by atoms with Gasteiger partial charge in [0.05, 0.1) is 16.3 Å². The molecule has 0 unspecified atom stereocenters. The van der Waals surface area contributed by atoms with Crippen LogP contribution in [0.5, 0.6) is 0 Å². The van der Waals surface area contributed by atoms with Crippen molar-refractivity contribution < 1.29 is 14.7 Å². The molecule has 2 aromatic rings. The fraction of sp³-hybridized carbons (Fsp3) is 0.267. The number of hydrogen-bond acceptors (Lipinski definition) is 3. The third-order valence-corrected chi connectivity index (χ3v) is 3.83. The fourth-order valence-corrected chi connectivity index (χ4v) is 2.19. The molecule has 2 rings (SSSR count). The molecule has 0 atom stereocenters. The van der Waals surface area contributed by atoms with Crippen LogP contribution in [0.25, 0.3) is 0 Å². The molecule has 0 fully saturated rings. The lowest BCUT2D eigenvalue weighted by molar-refractivity contribution is 0.0696. The molecule has 22 heavy (non-hydrogen) atoms. The zero-order valence-corrected chi connectivity index (χ0v) is 13.0. The highest BCUT2D eigenvalue weighted by atomic mass is 35.5. The number of carboxylic acid groups (broad SMARTS) is 1. The van der Waals surface area contributed by atoms with Crippen LogP contribution in [-0.2, 0) is 13.5 Å². The minimum atomic E-state index is -0.958. The van der Waals surface area contributed by atoms with Crippen LogP contribution < -0.4 is 5.32 Å². The molecule has 116 valence electrons. The van der Waals surface area contributed by atoms with Gasteiger partial charge in [-0.25, -0.2) is 4.79 Å². The molecule has 0 aliphatic carbocycles. The highest BCUT2D eigenvalue weighted by molar-refractivity contribution is 6.34. The van der Waals surface area contributed by atoms with Crippen molar-refractivity contribution in [1.29, 1.82) is 0 Å². The van der Waals surface area contributed by atoms with Gasteiger partial charge < -0.3 is 10.4 Å². The molecule has 0 aliphatic rings. The number of nitrogens with zero attached hydrogens (tertiary/aromatic N) is 2. The van der Waals surface area contributed by atoms with E-state index in [0.717, 1.165) is 11.3 Å². The molecule has 1 aromatic carbocycles. The Labute approximate surface area is 132 Å². The van der Waals surface area contributed by atoms with Crippen molar-refractivity contribution in [2.24, 2.45) is 7.05 Å². The van der Waals surface area contributed by atoms with Gasteiger partial charge in [-0.15, -0.1) is 0 Å². The van der Waals surface area contributed by atoms with Crippen molar-refractivity contribution in [3.05, 3.63) is 51.8 Å². The third-order valence-electron chi connectivity index (χ3n) is 3.38. The SMILES string of the molecule is Cc1c(Cl)c(C(=O)NCCc2ccc(C(=O)O)cc2)nn1C. The molecule has 0 radical (unpaired) electrons. The summed E-state index contributed by atoms with van der Waals surface area (Å²) in [7, 11) is 1.72. The summed E-state index contributed by atoms with van der Waals surface area (Å²) in [5.41, 5.74) is 2.12. The standard InChI is InChI=1S/C15H16ClN3O3/c1-9-12(16)13(18-19(9)2)14(20)17-8-7-10-3-5-11(6-4-10)15(21)22/h3-6H,7-8H2,1-2H3,(H,17,20)(H,21,22). The normalized spacial score (nSPS) is 10.5. The summed E-state index contributed by atoms with van der Waals surface area (Å²) < 4.78 is 1.56. The van der Waals surface area contributed by atoms with Gasteiger partial charge in [-0.2, -0.15) is 5.10 Å². The molecule has 0 bridgehead atoms. The molecule has 0 saturated carbocycles. The number of hydrogen-bond donors (Lipinski definition) is 2. The Balaban J connectivity index is 1.91. The van der Waals surface area contributed by atoms with Crippen LogP contribution in [0.1, 0.15) is 32.1 Å². The second-order valence-corrected chi connectivity index (χ2v) is 5.26. The molecular weight excluding hydrogens is 306 g/mol. The van der Waals surface area contributed by atoms with Gasteiger partial charge >= 0.3 is 5.97 Å². The molecule has 7 heteroatoms. The molecule has 1 amide bonds. The number of aromatic nitrogens is 2. The smallest absolute Gasteiger partial charge is 0.335 e. The third kappa shape index (κ3) is 3.46. The van der Waals surface area contributed by atoms with Crippen LogP contribution in [0.15, 0.2) is 24.3 Å². The van der Waals surface area contributed by atoms with E-state index in [2.05, 4.69) is 10.4 Å². The number of carbonyl (C=O) groups excluding carboxylic acids is 1. The second kappa shape index (κ2) is 6.62. The quantitative estimate of drug-likeness (QED) is 0.882. The monoisotopic (exact) mass is 321 g/mol. The van der Waals surface area contributed by atoms with E-state index in [4.69, 9.17) is 16.7 Å². The zero-order valence-electron chi connectivity index (χ0n) is 12.3. The predicted molar refractivity (Wildman–Crippen MR) is 82.4 cm³/mol. The first-order valence-corrected chi connectivity index (χ1v) is 7.07. The summed E-state index contributed by atoms with van der Waals surface area (Å²) in [6.07, 6.45) is 0.592. The molecule has 1 aromatic heterocycles. The largest absolute Gasteiger partial charge is 0.478 e. The van der Waals surface area contributed by atoms with Gasteiger partial charge in [-0.1, -0.05) is 23.7 Å². The Bertz CT molecular complexity index is 708. The average Bonchev–Trinajstić information content (AvgIpc) is 2.75. The van der Waals surface area contributed by atoms with E-state index in [0.29, 0.717) is 18.0 Å². The molecule has 0 saturated heterocycles. The van der Waals surface area contributed by atoms with E-state index in [9.17, 15) is 9.59 Å². The van der Waals surface area contributed by atoms with Crippen molar-refractivity contribution in [2.45, 2.75) is 13.3 Å². The van der Waals surface area contributed by atoms with Crippen molar-refractivity contribution in [2.75, 3.05) is 6.54 Å². The highest BCUT2D eigenvalue weighted by Crippen LogP contribution is 2.18. The molecule has 6 nitrogen and oxygen atoms in total. The zero-order chi connectivity index (χ0) is 16.3. The van der Waals surface area contributed by atoms with Crippen molar-refractivity contribution in [1.82, 2.24) is 15.1 Å². The van der Waals surface area contributed by atoms with E-state index in [1.54, 1.807) is 42.9 Å². The first-order chi connectivity index (χ1) is 10.4. The lowest BCUT2D eigenvalue weighted by Crippen LogP contribution is -2.26. The topological polar surface area (TPSA) is 84.2 Å². The second-order valence-electron chi connectivity index (χ2n) is 4.88. The van der Waals surface area contributed by atoms with E-state index < -0.39 is 5.97 Å². The van der Waals surface area contributed by atoms with Crippen LogP contribution in [0.2, 0.25) is 5.02 Å². The van der Waals surface area contributed by atoms with Gasteiger partial charge in [-0.3, -0.25) is 9.48 Å². The maximum absolute atomic E-state index is 12.0. The Morgan fingerprint density at radius 3 is 2.45 bits per heavy atom. The number of amides is 1. The van der Waals surface area contributed by atoms with Gasteiger partial charge in [0.15, 0.2) is 5.69 Å². The lowest BCUT2D eigenvalue weighted by atomic mass is 10.1. The van der Waals surface area contributed by atoms with E-state index in [-0.39, 0.29) is 17.2 Å². The van der Waals surface area contributed by atoms with Gasteiger partial charge in [-0.05, 0) is 31.0 Å².